The summed E-state index contributed by atoms with van der Waals surface area (Å²) < 4.78 is 29.2. The number of nitrogens with zero attached hydrogens (tertiary/aromatic N) is 2. The van der Waals surface area contributed by atoms with Crippen molar-refractivity contribution in [3.05, 3.63) is 65.2 Å². The van der Waals surface area contributed by atoms with Crippen LogP contribution in [0.25, 0.3) is 0 Å². The molecule has 1 aliphatic rings. The SMILES string of the molecule is CN1C(=N)N[C@](C)(c2cccc(C#N)c2)C(c2ccc(OC(F)F)cc2)C1=O. The van der Waals surface area contributed by atoms with Crippen LogP contribution in [-0.2, 0) is 10.3 Å². The van der Waals surface area contributed by atoms with Crippen LogP contribution in [0.3, 0.4) is 0 Å². The third-order valence-electron chi connectivity index (χ3n) is 4.90. The van der Waals surface area contributed by atoms with Gasteiger partial charge in [-0.2, -0.15) is 14.0 Å². The van der Waals surface area contributed by atoms with Crippen LogP contribution in [0.2, 0.25) is 0 Å². The molecule has 0 saturated carbocycles. The number of halogens is 2. The second-order valence-corrected chi connectivity index (χ2v) is 6.65. The minimum absolute atomic E-state index is 0.00996. The predicted octanol–water partition coefficient (Wildman–Crippen LogP) is 3.16. The quantitative estimate of drug-likeness (QED) is 0.847. The van der Waals surface area contributed by atoms with Gasteiger partial charge in [0.2, 0.25) is 5.91 Å². The van der Waals surface area contributed by atoms with Gasteiger partial charge >= 0.3 is 6.61 Å². The Morgan fingerprint density at radius 2 is 1.96 bits per heavy atom. The molecule has 2 aromatic rings. The number of rotatable bonds is 4. The van der Waals surface area contributed by atoms with Gasteiger partial charge in [0.05, 0.1) is 23.1 Å². The Kier molecular flexibility index (Phi) is 5.01. The van der Waals surface area contributed by atoms with Crippen molar-refractivity contribution in [1.82, 2.24) is 10.2 Å². The van der Waals surface area contributed by atoms with Crippen molar-refractivity contribution < 1.29 is 18.3 Å². The van der Waals surface area contributed by atoms with Crippen LogP contribution in [-0.4, -0.2) is 30.4 Å². The van der Waals surface area contributed by atoms with Gasteiger partial charge in [-0.25, -0.2) is 0 Å². The molecule has 1 heterocycles. The summed E-state index contributed by atoms with van der Waals surface area (Å²) in [6.07, 6.45) is 0. The lowest BCUT2D eigenvalue weighted by molar-refractivity contribution is -0.131. The fourth-order valence-corrected chi connectivity index (χ4v) is 3.42. The fourth-order valence-electron chi connectivity index (χ4n) is 3.42. The van der Waals surface area contributed by atoms with Crippen LogP contribution >= 0.6 is 0 Å². The third-order valence-corrected chi connectivity index (χ3v) is 4.90. The molecule has 0 aliphatic carbocycles. The van der Waals surface area contributed by atoms with E-state index in [2.05, 4.69) is 16.1 Å². The van der Waals surface area contributed by atoms with E-state index < -0.39 is 18.1 Å². The van der Waals surface area contributed by atoms with Crippen molar-refractivity contribution in [2.75, 3.05) is 7.05 Å². The lowest BCUT2D eigenvalue weighted by atomic mass is 9.73. The Hall–Kier alpha value is -3.47. The third kappa shape index (κ3) is 3.39. The summed E-state index contributed by atoms with van der Waals surface area (Å²) in [4.78, 5) is 14.3. The van der Waals surface area contributed by atoms with E-state index in [-0.39, 0.29) is 17.6 Å². The molecule has 0 bridgehead atoms. The van der Waals surface area contributed by atoms with Gasteiger partial charge in [-0.05, 0) is 42.3 Å². The van der Waals surface area contributed by atoms with E-state index in [0.29, 0.717) is 16.7 Å². The minimum Gasteiger partial charge on any atom is -0.435 e. The number of carbonyl (C=O) groups is 1. The van der Waals surface area contributed by atoms with Crippen molar-refractivity contribution >= 4 is 11.9 Å². The molecule has 1 aliphatic heterocycles. The molecule has 6 nitrogen and oxygen atoms in total. The van der Waals surface area contributed by atoms with Crippen molar-refractivity contribution in [3.8, 4) is 11.8 Å². The summed E-state index contributed by atoms with van der Waals surface area (Å²) in [6, 6.07) is 14.7. The fraction of sp³-hybridized carbons (Fsp3) is 0.250. The molecule has 0 aromatic heterocycles. The number of carbonyl (C=O) groups excluding carboxylic acids is 1. The van der Waals surface area contributed by atoms with E-state index in [1.54, 1.807) is 43.3 Å². The lowest BCUT2D eigenvalue weighted by Gasteiger charge is -2.46. The highest BCUT2D eigenvalue weighted by molar-refractivity contribution is 6.02. The maximum atomic E-state index is 13.1. The highest BCUT2D eigenvalue weighted by Crippen LogP contribution is 2.41. The molecule has 1 amide bonds. The monoisotopic (exact) mass is 384 g/mol. The summed E-state index contributed by atoms with van der Waals surface area (Å²) in [5.41, 5.74) is 0.648. The molecule has 0 radical (unpaired) electrons. The van der Waals surface area contributed by atoms with Crippen molar-refractivity contribution in [2.24, 2.45) is 0 Å². The van der Waals surface area contributed by atoms with Crippen LogP contribution in [0, 0.1) is 16.7 Å². The van der Waals surface area contributed by atoms with Gasteiger partial charge in [-0.1, -0.05) is 24.3 Å². The zero-order valence-corrected chi connectivity index (χ0v) is 15.2. The maximum absolute atomic E-state index is 13.1. The number of hydrogen-bond donors (Lipinski definition) is 2. The number of hydrogen-bond acceptors (Lipinski definition) is 4. The Labute approximate surface area is 160 Å². The van der Waals surface area contributed by atoms with Gasteiger partial charge in [0.1, 0.15) is 5.75 Å². The number of guanidine groups is 1. The molecule has 28 heavy (non-hydrogen) atoms. The summed E-state index contributed by atoms with van der Waals surface area (Å²) >= 11 is 0. The predicted molar refractivity (Wildman–Crippen MR) is 98.0 cm³/mol. The topological polar surface area (TPSA) is 89.2 Å². The van der Waals surface area contributed by atoms with Gasteiger partial charge in [0, 0.05) is 7.05 Å². The van der Waals surface area contributed by atoms with Crippen LogP contribution in [0.15, 0.2) is 48.5 Å². The van der Waals surface area contributed by atoms with E-state index in [4.69, 9.17) is 5.41 Å². The molecule has 0 spiro atoms. The summed E-state index contributed by atoms with van der Waals surface area (Å²) in [5, 5.41) is 20.4. The zero-order chi connectivity index (χ0) is 20.5. The molecule has 2 aromatic carbocycles. The van der Waals surface area contributed by atoms with Crippen molar-refractivity contribution in [2.45, 2.75) is 25.0 Å². The first-order chi connectivity index (χ1) is 13.3. The van der Waals surface area contributed by atoms with Gasteiger partial charge in [0.25, 0.3) is 0 Å². The number of amides is 1. The zero-order valence-electron chi connectivity index (χ0n) is 15.2. The van der Waals surface area contributed by atoms with Gasteiger partial charge in [0.15, 0.2) is 5.96 Å². The molecule has 1 fully saturated rings. The van der Waals surface area contributed by atoms with Crippen molar-refractivity contribution in [1.29, 1.82) is 10.7 Å². The molecule has 1 unspecified atom stereocenters. The second-order valence-electron chi connectivity index (χ2n) is 6.65. The number of nitrogens with one attached hydrogen (secondary N) is 2. The Morgan fingerprint density at radius 3 is 2.57 bits per heavy atom. The molecule has 2 N–H and O–H groups in total. The van der Waals surface area contributed by atoms with Crippen LogP contribution in [0.5, 0.6) is 5.75 Å². The van der Waals surface area contributed by atoms with Gasteiger partial charge in [-0.15, -0.1) is 0 Å². The van der Waals surface area contributed by atoms with Crippen LogP contribution in [0.1, 0.15) is 29.5 Å². The highest BCUT2D eigenvalue weighted by Gasteiger charge is 2.48. The molecule has 2 atom stereocenters. The van der Waals surface area contributed by atoms with E-state index in [9.17, 15) is 18.8 Å². The highest BCUT2D eigenvalue weighted by atomic mass is 19.3. The maximum Gasteiger partial charge on any atom is 0.387 e. The Morgan fingerprint density at radius 1 is 1.29 bits per heavy atom. The normalized spacial score (nSPS) is 22.0. The lowest BCUT2D eigenvalue weighted by Crippen LogP contribution is -2.62. The smallest absolute Gasteiger partial charge is 0.387 e. The number of alkyl halides is 2. The first-order valence-electron chi connectivity index (χ1n) is 8.46. The van der Waals surface area contributed by atoms with Gasteiger partial charge in [-0.3, -0.25) is 15.1 Å². The summed E-state index contributed by atoms with van der Waals surface area (Å²) in [5.74, 6) is -1.15. The van der Waals surface area contributed by atoms with E-state index in [1.165, 1.54) is 24.1 Å². The molecule has 144 valence electrons. The first-order valence-corrected chi connectivity index (χ1v) is 8.46. The molecule has 8 heteroatoms. The number of nitriles is 1. The van der Waals surface area contributed by atoms with Crippen LogP contribution < -0.4 is 10.1 Å². The van der Waals surface area contributed by atoms with Crippen molar-refractivity contribution in [3.63, 3.8) is 0 Å². The van der Waals surface area contributed by atoms with E-state index >= 15 is 0 Å². The molecular weight excluding hydrogens is 366 g/mol. The largest absolute Gasteiger partial charge is 0.435 e. The Bertz CT molecular complexity index is 955. The molecule has 1 saturated heterocycles. The van der Waals surface area contributed by atoms with Crippen LogP contribution in [0.4, 0.5) is 8.78 Å². The van der Waals surface area contributed by atoms with Gasteiger partial charge < -0.3 is 10.1 Å². The average molecular weight is 384 g/mol. The first kappa shape index (κ1) is 19.3. The van der Waals surface area contributed by atoms with E-state index in [0.717, 1.165) is 0 Å². The number of benzene rings is 2. The minimum atomic E-state index is -2.94. The average Bonchev–Trinajstić information content (AvgIpc) is 2.67. The summed E-state index contributed by atoms with van der Waals surface area (Å²) in [6.45, 7) is -1.16. The number of likely N-dealkylation sites (N-methyl/N-ethyl adjacent to an activating group) is 1. The van der Waals surface area contributed by atoms with E-state index in [1.807, 2.05) is 0 Å². The summed E-state index contributed by atoms with van der Waals surface area (Å²) in [7, 11) is 1.49. The Balaban J connectivity index is 2.09. The number of ether oxygens (including phenoxy) is 1. The molecular formula is C20H18F2N4O2. The standard InChI is InChI=1S/C20H18F2N4O2/c1-20(14-5-3-4-12(10-14)11-23)16(17(27)26(2)19(24)25-20)13-6-8-15(9-7-13)28-18(21)22/h3-10,16,18H,1-2H3,(H2,24,25)/t16?,20-/m1/s1. The molecule has 3 rings (SSSR count). The second kappa shape index (κ2) is 7.27.